The van der Waals surface area contributed by atoms with Gasteiger partial charge in [-0.2, -0.15) is 0 Å². The number of rotatable bonds is 5. The summed E-state index contributed by atoms with van der Waals surface area (Å²) in [7, 11) is 0. The minimum atomic E-state index is -0.159. The van der Waals surface area contributed by atoms with Gasteiger partial charge in [-0.15, -0.1) is 0 Å². The Balaban J connectivity index is 1.80. The number of carbonyl (C=O) groups excluding carboxylic acids is 1. The van der Waals surface area contributed by atoms with Gasteiger partial charge in [0, 0.05) is 5.69 Å². The Morgan fingerprint density at radius 3 is 2.43 bits per heavy atom. The third-order valence-corrected chi connectivity index (χ3v) is 3.50. The van der Waals surface area contributed by atoms with Crippen molar-refractivity contribution in [1.29, 1.82) is 0 Å². The van der Waals surface area contributed by atoms with E-state index in [-0.39, 0.29) is 17.9 Å². The maximum Gasteiger partial charge on any atom is 0.258 e. The van der Waals surface area contributed by atoms with E-state index in [1.807, 2.05) is 49.4 Å². The zero-order valence-electron chi connectivity index (χ0n) is 14.2. The molecule has 23 heavy (non-hydrogen) atoms. The fraction of sp³-hybridized carbons (Fsp3) is 0.368. The van der Waals surface area contributed by atoms with Gasteiger partial charge >= 0.3 is 0 Å². The molecular weight excluding hydrogens is 288 g/mol. The summed E-state index contributed by atoms with van der Waals surface area (Å²) in [6.07, 6.45) is 0. The topological polar surface area (TPSA) is 51.2 Å². The molecule has 0 spiro atoms. The van der Waals surface area contributed by atoms with Crippen molar-refractivity contribution in [1.82, 2.24) is 10.3 Å². The van der Waals surface area contributed by atoms with Gasteiger partial charge in [0.05, 0.1) is 12.2 Å². The first-order valence-corrected chi connectivity index (χ1v) is 7.77. The SMILES string of the molecule is Cc1cccc(CNC(=O)COc2ccc(C(C)(C)C)cc2)n1. The molecule has 0 fully saturated rings. The van der Waals surface area contributed by atoms with Crippen LogP contribution in [0.25, 0.3) is 0 Å². The summed E-state index contributed by atoms with van der Waals surface area (Å²) < 4.78 is 5.52. The van der Waals surface area contributed by atoms with Crippen molar-refractivity contribution < 1.29 is 9.53 Å². The third kappa shape index (κ3) is 5.40. The van der Waals surface area contributed by atoms with Gasteiger partial charge < -0.3 is 10.1 Å². The molecule has 4 heteroatoms. The lowest BCUT2D eigenvalue weighted by Crippen LogP contribution is -2.28. The van der Waals surface area contributed by atoms with E-state index in [9.17, 15) is 4.79 Å². The molecule has 4 nitrogen and oxygen atoms in total. The second-order valence-corrected chi connectivity index (χ2v) is 6.61. The lowest BCUT2D eigenvalue weighted by atomic mass is 9.87. The number of carbonyl (C=O) groups is 1. The van der Waals surface area contributed by atoms with Crippen molar-refractivity contribution in [3.8, 4) is 5.75 Å². The van der Waals surface area contributed by atoms with E-state index >= 15 is 0 Å². The zero-order chi connectivity index (χ0) is 16.9. The highest BCUT2D eigenvalue weighted by atomic mass is 16.5. The fourth-order valence-corrected chi connectivity index (χ4v) is 2.14. The molecular formula is C19H24N2O2. The molecule has 0 saturated carbocycles. The predicted octanol–water partition coefficient (Wildman–Crippen LogP) is 3.38. The molecule has 1 N–H and O–H groups in total. The van der Waals surface area contributed by atoms with Crippen LogP contribution >= 0.6 is 0 Å². The molecule has 0 aliphatic carbocycles. The number of aromatic nitrogens is 1. The lowest BCUT2D eigenvalue weighted by molar-refractivity contribution is -0.123. The van der Waals surface area contributed by atoms with Crippen molar-refractivity contribution in [3.05, 3.63) is 59.4 Å². The molecule has 0 saturated heterocycles. The van der Waals surface area contributed by atoms with E-state index in [0.717, 1.165) is 11.4 Å². The van der Waals surface area contributed by atoms with Crippen LogP contribution in [-0.4, -0.2) is 17.5 Å². The number of hydrogen-bond acceptors (Lipinski definition) is 3. The summed E-state index contributed by atoms with van der Waals surface area (Å²) in [4.78, 5) is 16.2. The maximum absolute atomic E-state index is 11.8. The molecule has 0 atom stereocenters. The van der Waals surface area contributed by atoms with E-state index in [4.69, 9.17) is 4.74 Å². The monoisotopic (exact) mass is 312 g/mol. The van der Waals surface area contributed by atoms with Gasteiger partial charge in [-0.1, -0.05) is 39.0 Å². The quantitative estimate of drug-likeness (QED) is 0.921. The Labute approximate surface area is 137 Å². The van der Waals surface area contributed by atoms with Gasteiger partial charge in [0.25, 0.3) is 5.91 Å². The summed E-state index contributed by atoms with van der Waals surface area (Å²) in [6.45, 7) is 8.82. The minimum Gasteiger partial charge on any atom is -0.484 e. The van der Waals surface area contributed by atoms with Crippen LogP contribution in [0.3, 0.4) is 0 Å². The Bertz CT molecular complexity index is 658. The van der Waals surface area contributed by atoms with Crippen molar-refractivity contribution >= 4 is 5.91 Å². The molecule has 2 rings (SSSR count). The maximum atomic E-state index is 11.8. The van der Waals surface area contributed by atoms with Crippen LogP contribution in [0.2, 0.25) is 0 Å². The van der Waals surface area contributed by atoms with Gasteiger partial charge in [0.2, 0.25) is 0 Å². The van der Waals surface area contributed by atoms with Crippen molar-refractivity contribution in [2.45, 2.75) is 39.7 Å². The Morgan fingerprint density at radius 1 is 1.13 bits per heavy atom. The van der Waals surface area contributed by atoms with Gasteiger partial charge in [-0.25, -0.2) is 0 Å². The van der Waals surface area contributed by atoms with Crippen molar-refractivity contribution in [2.24, 2.45) is 0 Å². The molecule has 0 bridgehead atoms. The molecule has 1 aromatic heterocycles. The number of pyridine rings is 1. The molecule has 0 aliphatic heterocycles. The molecule has 1 aromatic carbocycles. The van der Waals surface area contributed by atoms with Crippen LogP contribution in [0.1, 0.15) is 37.7 Å². The van der Waals surface area contributed by atoms with Gasteiger partial charge in [0.15, 0.2) is 6.61 Å². The largest absolute Gasteiger partial charge is 0.484 e. The van der Waals surface area contributed by atoms with Crippen molar-refractivity contribution in [3.63, 3.8) is 0 Å². The summed E-state index contributed by atoms with van der Waals surface area (Å²) in [5.74, 6) is 0.537. The standard InChI is InChI=1S/C19H24N2O2/c1-14-6-5-7-16(21-14)12-20-18(22)13-23-17-10-8-15(9-11-17)19(2,3)4/h5-11H,12-13H2,1-4H3,(H,20,22). The number of aryl methyl sites for hydroxylation is 1. The second-order valence-electron chi connectivity index (χ2n) is 6.61. The zero-order valence-corrected chi connectivity index (χ0v) is 14.2. The highest BCUT2D eigenvalue weighted by molar-refractivity contribution is 5.77. The summed E-state index contributed by atoms with van der Waals surface area (Å²) in [5.41, 5.74) is 3.12. The fourth-order valence-electron chi connectivity index (χ4n) is 2.14. The first kappa shape index (κ1) is 17.0. The number of amides is 1. The van der Waals surface area contributed by atoms with Crippen LogP contribution in [0, 0.1) is 6.92 Å². The summed E-state index contributed by atoms with van der Waals surface area (Å²) in [6, 6.07) is 13.6. The van der Waals surface area contributed by atoms with Crippen LogP contribution < -0.4 is 10.1 Å². The first-order chi connectivity index (χ1) is 10.8. The summed E-state index contributed by atoms with van der Waals surface area (Å²) in [5, 5.41) is 2.81. The number of ether oxygens (including phenoxy) is 1. The molecule has 0 unspecified atom stereocenters. The average Bonchev–Trinajstić information content (AvgIpc) is 2.50. The highest BCUT2D eigenvalue weighted by Crippen LogP contribution is 2.24. The summed E-state index contributed by atoms with van der Waals surface area (Å²) >= 11 is 0. The molecule has 122 valence electrons. The molecule has 0 radical (unpaired) electrons. The Kier molecular flexibility index (Phi) is 5.37. The third-order valence-electron chi connectivity index (χ3n) is 3.50. The number of nitrogens with zero attached hydrogens (tertiary/aromatic N) is 1. The second kappa shape index (κ2) is 7.27. The predicted molar refractivity (Wildman–Crippen MR) is 91.5 cm³/mol. The van der Waals surface area contributed by atoms with Crippen LogP contribution in [-0.2, 0) is 16.8 Å². The number of hydrogen-bond donors (Lipinski definition) is 1. The molecule has 0 aliphatic rings. The Morgan fingerprint density at radius 2 is 1.83 bits per heavy atom. The van der Waals surface area contributed by atoms with Crippen LogP contribution in [0.15, 0.2) is 42.5 Å². The van der Waals surface area contributed by atoms with Gasteiger partial charge in [-0.3, -0.25) is 9.78 Å². The number of nitrogens with one attached hydrogen (secondary N) is 1. The minimum absolute atomic E-state index is 0.000675. The molecule has 2 aromatic rings. The Hall–Kier alpha value is -2.36. The van der Waals surface area contributed by atoms with E-state index in [2.05, 4.69) is 31.1 Å². The van der Waals surface area contributed by atoms with Gasteiger partial charge in [0.1, 0.15) is 5.75 Å². The molecule has 1 heterocycles. The highest BCUT2D eigenvalue weighted by Gasteiger charge is 2.13. The normalized spacial score (nSPS) is 11.1. The lowest BCUT2D eigenvalue weighted by Gasteiger charge is -2.19. The van der Waals surface area contributed by atoms with Crippen LogP contribution in [0.4, 0.5) is 0 Å². The average molecular weight is 312 g/mol. The van der Waals surface area contributed by atoms with Gasteiger partial charge in [-0.05, 0) is 42.2 Å². The van der Waals surface area contributed by atoms with E-state index in [0.29, 0.717) is 12.3 Å². The van der Waals surface area contributed by atoms with Crippen molar-refractivity contribution in [2.75, 3.05) is 6.61 Å². The smallest absolute Gasteiger partial charge is 0.258 e. The molecule has 1 amide bonds. The van der Waals surface area contributed by atoms with E-state index in [1.54, 1.807) is 0 Å². The number of benzene rings is 1. The first-order valence-electron chi connectivity index (χ1n) is 7.77. The van der Waals surface area contributed by atoms with Crippen LogP contribution in [0.5, 0.6) is 5.75 Å². The van der Waals surface area contributed by atoms with E-state index < -0.39 is 0 Å². The van der Waals surface area contributed by atoms with E-state index in [1.165, 1.54) is 5.56 Å².